The summed E-state index contributed by atoms with van der Waals surface area (Å²) in [6.45, 7) is 0.566. The van der Waals surface area contributed by atoms with Crippen LogP contribution in [0.25, 0.3) is 22.8 Å². The number of aromatic nitrogens is 3. The number of imidazole rings is 1. The second-order valence-corrected chi connectivity index (χ2v) is 9.18. The average molecular weight is 516 g/mol. The molecule has 0 saturated heterocycles. The van der Waals surface area contributed by atoms with E-state index in [0.29, 0.717) is 17.7 Å². The monoisotopic (exact) mass is 515 g/mol. The fourth-order valence-electron chi connectivity index (χ4n) is 3.82. The van der Waals surface area contributed by atoms with Gasteiger partial charge >= 0.3 is 5.97 Å². The van der Waals surface area contributed by atoms with Crippen LogP contribution in [0.4, 0.5) is 0 Å². The third kappa shape index (κ3) is 6.77. The van der Waals surface area contributed by atoms with Crippen LogP contribution >= 0.6 is 11.3 Å². The van der Waals surface area contributed by atoms with E-state index in [-0.39, 0.29) is 12.8 Å². The van der Waals surface area contributed by atoms with Gasteiger partial charge in [-0.1, -0.05) is 36.4 Å². The van der Waals surface area contributed by atoms with E-state index in [4.69, 9.17) is 5.73 Å². The van der Waals surface area contributed by atoms with Gasteiger partial charge in [0.2, 0.25) is 5.91 Å². The van der Waals surface area contributed by atoms with Gasteiger partial charge in [0.05, 0.1) is 12.9 Å². The maximum Gasteiger partial charge on any atom is 0.326 e. The molecule has 4 N–H and O–H groups in total. The summed E-state index contributed by atoms with van der Waals surface area (Å²) in [6.07, 6.45) is 8.85. The standard InChI is InChI=1S/C27H25N5O4S/c28-24(33)9-8-23(27(35)36)31-25(34)21-7-6-18(15-22(21)19-4-2-1-3-5-19)14-20(26-30-11-13-37-26)16-32-12-10-29-17-32/h1-7,10-15,17,23H,8-9,16H2,(H2,28,33)(H,31,34)(H,35,36)/t23-/m0/s1. The van der Waals surface area contributed by atoms with E-state index in [1.807, 2.05) is 64.7 Å². The van der Waals surface area contributed by atoms with Gasteiger partial charge in [-0.2, -0.15) is 0 Å². The van der Waals surface area contributed by atoms with Gasteiger partial charge in [0.25, 0.3) is 5.91 Å². The highest BCUT2D eigenvalue weighted by Gasteiger charge is 2.23. The molecular weight excluding hydrogens is 490 g/mol. The van der Waals surface area contributed by atoms with E-state index in [0.717, 1.165) is 21.7 Å². The quantitative estimate of drug-likeness (QED) is 0.278. The number of amides is 2. The normalized spacial score (nSPS) is 12.2. The van der Waals surface area contributed by atoms with Crippen LogP contribution < -0.4 is 11.1 Å². The van der Waals surface area contributed by atoms with Gasteiger partial charge in [0, 0.05) is 41.5 Å². The predicted octanol–water partition coefficient (Wildman–Crippen LogP) is 3.70. The van der Waals surface area contributed by atoms with Crippen LogP contribution in [0, 0.1) is 0 Å². The summed E-state index contributed by atoms with van der Waals surface area (Å²) in [5.74, 6) is -2.42. The Morgan fingerprint density at radius 3 is 2.59 bits per heavy atom. The van der Waals surface area contributed by atoms with Crippen molar-refractivity contribution in [1.29, 1.82) is 0 Å². The molecule has 2 amide bonds. The molecular formula is C27H25N5O4S. The van der Waals surface area contributed by atoms with E-state index in [1.165, 1.54) is 11.3 Å². The number of carboxylic acids is 1. The molecule has 9 nitrogen and oxygen atoms in total. The number of thiazole rings is 1. The van der Waals surface area contributed by atoms with Gasteiger partial charge in [-0.3, -0.25) is 9.59 Å². The molecule has 1 atom stereocenters. The minimum atomic E-state index is -1.24. The van der Waals surface area contributed by atoms with Crippen LogP contribution in [0.1, 0.15) is 33.8 Å². The summed E-state index contributed by atoms with van der Waals surface area (Å²) in [7, 11) is 0. The topological polar surface area (TPSA) is 140 Å². The van der Waals surface area contributed by atoms with E-state index in [9.17, 15) is 19.5 Å². The van der Waals surface area contributed by atoms with Crippen LogP contribution in [0.3, 0.4) is 0 Å². The van der Waals surface area contributed by atoms with Gasteiger partial charge in [-0.15, -0.1) is 11.3 Å². The summed E-state index contributed by atoms with van der Waals surface area (Å²) < 4.78 is 1.95. The van der Waals surface area contributed by atoms with E-state index < -0.39 is 23.8 Å². The van der Waals surface area contributed by atoms with Crippen molar-refractivity contribution >= 4 is 40.8 Å². The van der Waals surface area contributed by atoms with Crippen LogP contribution in [0.5, 0.6) is 0 Å². The molecule has 0 radical (unpaired) electrons. The number of nitrogens with two attached hydrogens (primary N) is 1. The zero-order valence-electron chi connectivity index (χ0n) is 19.8. The van der Waals surface area contributed by atoms with Gasteiger partial charge in [-0.25, -0.2) is 14.8 Å². The zero-order valence-corrected chi connectivity index (χ0v) is 20.6. The number of primary amides is 1. The summed E-state index contributed by atoms with van der Waals surface area (Å²) in [4.78, 5) is 44.6. The van der Waals surface area contributed by atoms with Crippen molar-refractivity contribution in [2.75, 3.05) is 0 Å². The van der Waals surface area contributed by atoms with Crippen LogP contribution in [0.2, 0.25) is 0 Å². The Morgan fingerprint density at radius 1 is 1.14 bits per heavy atom. The maximum atomic E-state index is 13.2. The van der Waals surface area contributed by atoms with Crippen molar-refractivity contribution in [3.05, 3.63) is 95.0 Å². The molecule has 0 unspecified atom stereocenters. The third-order valence-electron chi connectivity index (χ3n) is 5.62. The first kappa shape index (κ1) is 25.5. The molecule has 0 aliphatic heterocycles. The number of nitrogens with one attached hydrogen (secondary N) is 1. The molecule has 2 aromatic carbocycles. The molecule has 2 heterocycles. The Balaban J connectivity index is 1.71. The second kappa shape index (κ2) is 11.9. The summed E-state index contributed by atoms with van der Waals surface area (Å²) in [5, 5.41) is 14.8. The predicted molar refractivity (Wildman–Crippen MR) is 141 cm³/mol. The number of hydrogen-bond donors (Lipinski definition) is 3. The summed E-state index contributed by atoms with van der Waals surface area (Å²) in [5.41, 5.74) is 8.75. The highest BCUT2D eigenvalue weighted by molar-refractivity contribution is 7.10. The number of benzene rings is 2. The summed E-state index contributed by atoms with van der Waals surface area (Å²) in [6, 6.07) is 13.5. The Labute approximate surface area is 217 Å². The van der Waals surface area contributed by atoms with E-state index in [1.54, 1.807) is 24.8 Å². The maximum absolute atomic E-state index is 13.2. The average Bonchev–Trinajstić information content (AvgIpc) is 3.61. The first-order valence-electron chi connectivity index (χ1n) is 11.5. The minimum absolute atomic E-state index is 0.0939. The van der Waals surface area contributed by atoms with Gasteiger partial charge in [0.1, 0.15) is 11.0 Å². The van der Waals surface area contributed by atoms with Gasteiger partial charge in [-0.05, 0) is 41.3 Å². The smallest absolute Gasteiger partial charge is 0.326 e. The molecule has 2 aromatic heterocycles. The Kier molecular flexibility index (Phi) is 8.22. The van der Waals surface area contributed by atoms with Crippen LogP contribution in [-0.4, -0.2) is 43.5 Å². The lowest BCUT2D eigenvalue weighted by Crippen LogP contribution is -2.41. The number of aliphatic carboxylic acids is 1. The first-order valence-corrected chi connectivity index (χ1v) is 12.4. The van der Waals surface area contributed by atoms with Crippen molar-refractivity contribution in [2.45, 2.75) is 25.4 Å². The highest BCUT2D eigenvalue weighted by atomic mass is 32.1. The number of carboxylic acid groups (broad SMARTS) is 1. The molecule has 4 rings (SSSR count). The van der Waals surface area contributed by atoms with Crippen molar-refractivity contribution in [3.8, 4) is 11.1 Å². The Hall–Kier alpha value is -4.57. The number of hydrogen-bond acceptors (Lipinski definition) is 6. The second-order valence-electron chi connectivity index (χ2n) is 8.28. The number of rotatable bonds is 11. The third-order valence-corrected chi connectivity index (χ3v) is 6.46. The number of carbonyl (C=O) groups is 3. The zero-order chi connectivity index (χ0) is 26.2. The molecule has 4 aromatic rings. The molecule has 10 heteroatoms. The Bertz CT molecular complexity index is 1400. The van der Waals surface area contributed by atoms with Gasteiger partial charge < -0.3 is 20.7 Å². The molecule has 37 heavy (non-hydrogen) atoms. The fraction of sp³-hybridized carbons (Fsp3) is 0.148. The van der Waals surface area contributed by atoms with Crippen molar-refractivity contribution in [3.63, 3.8) is 0 Å². The molecule has 188 valence electrons. The van der Waals surface area contributed by atoms with Crippen molar-refractivity contribution in [2.24, 2.45) is 5.73 Å². The largest absolute Gasteiger partial charge is 0.480 e. The molecule has 0 bridgehead atoms. The summed E-state index contributed by atoms with van der Waals surface area (Å²) >= 11 is 1.53. The molecule has 0 saturated carbocycles. The fourth-order valence-corrected chi connectivity index (χ4v) is 4.47. The Morgan fingerprint density at radius 2 is 1.95 bits per heavy atom. The SMILES string of the molecule is NC(=O)CC[C@H](NC(=O)c1ccc(C=C(Cn2ccnc2)c2nccs2)cc1-c1ccccc1)C(=O)O. The lowest BCUT2D eigenvalue weighted by molar-refractivity contribution is -0.139. The first-order chi connectivity index (χ1) is 17.9. The number of nitrogens with zero attached hydrogens (tertiary/aromatic N) is 3. The van der Waals surface area contributed by atoms with Crippen molar-refractivity contribution < 1.29 is 19.5 Å². The molecule has 0 aliphatic carbocycles. The van der Waals surface area contributed by atoms with Gasteiger partial charge in [0.15, 0.2) is 0 Å². The highest BCUT2D eigenvalue weighted by Crippen LogP contribution is 2.28. The molecule has 0 spiro atoms. The molecule has 0 aliphatic rings. The lowest BCUT2D eigenvalue weighted by atomic mass is 9.95. The molecule has 0 fully saturated rings. The van der Waals surface area contributed by atoms with E-state index in [2.05, 4.69) is 15.3 Å². The van der Waals surface area contributed by atoms with Crippen LogP contribution in [-0.2, 0) is 16.1 Å². The van der Waals surface area contributed by atoms with E-state index >= 15 is 0 Å². The lowest BCUT2D eigenvalue weighted by Gasteiger charge is -2.16. The number of allylic oxidation sites excluding steroid dienone is 1. The number of carbonyl (C=O) groups excluding carboxylic acids is 2. The minimum Gasteiger partial charge on any atom is -0.480 e. The van der Waals surface area contributed by atoms with Crippen molar-refractivity contribution in [1.82, 2.24) is 19.9 Å². The van der Waals surface area contributed by atoms with Crippen LogP contribution in [0.15, 0.2) is 78.8 Å².